The second-order valence-corrected chi connectivity index (χ2v) is 8.16. The molecule has 0 spiro atoms. The highest BCUT2D eigenvalue weighted by Crippen LogP contribution is 2.33. The van der Waals surface area contributed by atoms with Gasteiger partial charge in [0, 0.05) is 25.6 Å². The van der Waals surface area contributed by atoms with Crippen LogP contribution < -0.4 is 15.0 Å². The van der Waals surface area contributed by atoms with E-state index in [0.717, 1.165) is 12.0 Å². The van der Waals surface area contributed by atoms with Crippen molar-refractivity contribution < 1.29 is 24.1 Å². The van der Waals surface area contributed by atoms with Gasteiger partial charge in [-0.25, -0.2) is 0 Å². The zero-order valence-electron chi connectivity index (χ0n) is 20.1. The fraction of sp³-hybridized carbons (Fsp3) is 0.346. The summed E-state index contributed by atoms with van der Waals surface area (Å²) in [6.07, 6.45) is 0.765. The van der Waals surface area contributed by atoms with Crippen molar-refractivity contribution in [1.82, 2.24) is 14.5 Å². The van der Waals surface area contributed by atoms with Gasteiger partial charge in [0.1, 0.15) is 29.6 Å². The Labute approximate surface area is 203 Å². The number of amides is 1. The molecule has 2 aromatic carbocycles. The van der Waals surface area contributed by atoms with Crippen molar-refractivity contribution in [1.29, 1.82) is 0 Å². The summed E-state index contributed by atoms with van der Waals surface area (Å²) in [4.78, 5) is 33.1. The number of likely N-dealkylation sites (tertiary alicyclic amines) is 1. The molecule has 1 saturated heterocycles. The summed E-state index contributed by atoms with van der Waals surface area (Å²) in [5.41, 5.74) is 0.297. The Morgan fingerprint density at radius 1 is 1.09 bits per heavy atom. The van der Waals surface area contributed by atoms with Gasteiger partial charge in [0.05, 0.1) is 14.2 Å². The van der Waals surface area contributed by atoms with Gasteiger partial charge in [0.25, 0.3) is 11.5 Å². The van der Waals surface area contributed by atoms with Crippen LogP contribution in [0.25, 0.3) is 5.69 Å². The molecule has 1 fully saturated rings. The highest BCUT2D eigenvalue weighted by atomic mass is 16.5. The standard InChI is InChI=1S/C26H29N3O6/c1-4-35-16-21-27-24(30)22(25(31)28-14-13-18(15-28)17-9-6-5-7-10-17)26(32)29(21)23-19(33-2)11-8-12-20(23)34-3/h5-12,18,30H,4,13-16H2,1-3H3/t18-/m0/s1. The molecule has 1 atom stereocenters. The lowest BCUT2D eigenvalue weighted by Crippen LogP contribution is -2.37. The van der Waals surface area contributed by atoms with Gasteiger partial charge < -0.3 is 24.2 Å². The van der Waals surface area contributed by atoms with Gasteiger partial charge >= 0.3 is 0 Å². The fourth-order valence-electron chi connectivity index (χ4n) is 4.41. The molecular weight excluding hydrogens is 450 g/mol. The number of carbonyl (C=O) groups is 1. The molecule has 1 aromatic heterocycles. The van der Waals surface area contributed by atoms with Crippen molar-refractivity contribution in [2.75, 3.05) is 33.9 Å². The Hall–Kier alpha value is -3.85. The van der Waals surface area contributed by atoms with Crippen LogP contribution in [0.5, 0.6) is 17.4 Å². The van der Waals surface area contributed by atoms with Crippen molar-refractivity contribution in [3.8, 4) is 23.1 Å². The first-order chi connectivity index (χ1) is 17.0. The molecule has 0 unspecified atom stereocenters. The number of hydrogen-bond acceptors (Lipinski definition) is 7. The zero-order chi connectivity index (χ0) is 24.9. The van der Waals surface area contributed by atoms with Gasteiger partial charge in [-0.1, -0.05) is 36.4 Å². The number of methoxy groups -OCH3 is 2. The van der Waals surface area contributed by atoms with Crippen molar-refractivity contribution >= 4 is 5.91 Å². The third-order valence-electron chi connectivity index (χ3n) is 6.15. The number of aromatic nitrogens is 2. The minimum Gasteiger partial charge on any atom is -0.494 e. The van der Waals surface area contributed by atoms with Crippen LogP contribution in [0, 0.1) is 0 Å². The average molecular weight is 480 g/mol. The largest absolute Gasteiger partial charge is 0.494 e. The summed E-state index contributed by atoms with van der Waals surface area (Å²) >= 11 is 0. The van der Waals surface area contributed by atoms with Crippen LogP contribution in [0.15, 0.2) is 53.3 Å². The number of hydrogen-bond donors (Lipinski definition) is 1. The van der Waals surface area contributed by atoms with E-state index in [0.29, 0.717) is 31.2 Å². The maximum atomic E-state index is 13.8. The summed E-state index contributed by atoms with van der Waals surface area (Å²) in [6, 6.07) is 15.0. The van der Waals surface area contributed by atoms with Gasteiger partial charge in [-0.15, -0.1) is 0 Å². The lowest BCUT2D eigenvalue weighted by Gasteiger charge is -2.21. The van der Waals surface area contributed by atoms with Crippen LogP contribution in [0.3, 0.4) is 0 Å². The third kappa shape index (κ3) is 4.72. The van der Waals surface area contributed by atoms with Crippen LogP contribution in [0.1, 0.15) is 41.0 Å². The summed E-state index contributed by atoms with van der Waals surface area (Å²) < 4.78 is 17.7. The van der Waals surface area contributed by atoms with E-state index in [4.69, 9.17) is 14.2 Å². The Morgan fingerprint density at radius 3 is 2.40 bits per heavy atom. The summed E-state index contributed by atoms with van der Waals surface area (Å²) in [6.45, 7) is 3.03. The molecule has 9 heteroatoms. The zero-order valence-corrected chi connectivity index (χ0v) is 20.1. The molecular formula is C26H29N3O6. The first-order valence-electron chi connectivity index (χ1n) is 11.5. The molecule has 0 saturated carbocycles. The van der Waals surface area contributed by atoms with Gasteiger partial charge in [-0.3, -0.25) is 14.2 Å². The summed E-state index contributed by atoms with van der Waals surface area (Å²) in [7, 11) is 2.94. The van der Waals surface area contributed by atoms with Crippen molar-refractivity contribution in [3.05, 3.63) is 75.8 Å². The molecule has 0 aliphatic carbocycles. The molecule has 1 aliphatic heterocycles. The molecule has 0 bridgehead atoms. The normalized spacial score (nSPS) is 15.3. The second-order valence-electron chi connectivity index (χ2n) is 8.16. The van der Waals surface area contributed by atoms with Gasteiger partial charge in [-0.05, 0) is 31.0 Å². The molecule has 0 radical (unpaired) electrons. The number of rotatable bonds is 8. The minimum absolute atomic E-state index is 0.0607. The number of carbonyl (C=O) groups excluding carboxylic acids is 1. The van der Waals surface area contributed by atoms with Crippen LogP contribution in [0.4, 0.5) is 0 Å². The monoisotopic (exact) mass is 479 g/mol. The predicted octanol–water partition coefficient (Wildman–Crippen LogP) is 3.12. The van der Waals surface area contributed by atoms with Gasteiger partial charge in [-0.2, -0.15) is 4.98 Å². The molecule has 4 rings (SSSR count). The number of para-hydroxylation sites is 1. The van der Waals surface area contributed by atoms with Gasteiger partial charge in [0.15, 0.2) is 5.56 Å². The fourth-order valence-corrected chi connectivity index (χ4v) is 4.41. The van der Waals surface area contributed by atoms with Crippen molar-refractivity contribution in [2.24, 2.45) is 0 Å². The lowest BCUT2D eigenvalue weighted by molar-refractivity contribution is 0.0783. The SMILES string of the molecule is CCOCc1nc(O)c(C(=O)N2CC[C@H](c3ccccc3)C2)c(=O)n1-c1c(OC)cccc1OC. The summed E-state index contributed by atoms with van der Waals surface area (Å²) in [5.74, 6) is -0.214. The maximum Gasteiger partial charge on any atom is 0.275 e. The Bertz CT molecular complexity index is 1240. The van der Waals surface area contributed by atoms with Crippen LogP contribution >= 0.6 is 0 Å². The lowest BCUT2D eigenvalue weighted by atomic mass is 9.99. The molecule has 35 heavy (non-hydrogen) atoms. The first kappa shape index (κ1) is 24.3. The van der Waals surface area contributed by atoms with E-state index in [1.807, 2.05) is 30.3 Å². The molecule has 3 aromatic rings. The van der Waals surface area contributed by atoms with E-state index >= 15 is 0 Å². The number of nitrogens with zero attached hydrogens (tertiary/aromatic N) is 3. The van der Waals surface area contributed by atoms with E-state index in [2.05, 4.69) is 4.98 Å². The molecule has 1 amide bonds. The van der Waals surface area contributed by atoms with Gasteiger partial charge in [0.2, 0.25) is 5.88 Å². The Kier molecular flexibility index (Phi) is 7.36. The predicted molar refractivity (Wildman–Crippen MR) is 130 cm³/mol. The minimum atomic E-state index is -0.719. The first-order valence-corrected chi connectivity index (χ1v) is 11.5. The number of benzene rings is 2. The van der Waals surface area contributed by atoms with Crippen LogP contribution in [-0.4, -0.2) is 59.4 Å². The van der Waals surface area contributed by atoms with Crippen LogP contribution in [0.2, 0.25) is 0 Å². The van der Waals surface area contributed by atoms with E-state index in [1.54, 1.807) is 30.0 Å². The van der Waals surface area contributed by atoms with E-state index < -0.39 is 22.9 Å². The molecule has 184 valence electrons. The molecule has 9 nitrogen and oxygen atoms in total. The average Bonchev–Trinajstić information content (AvgIpc) is 3.38. The van der Waals surface area contributed by atoms with E-state index in [-0.39, 0.29) is 24.0 Å². The van der Waals surface area contributed by atoms with Crippen molar-refractivity contribution in [3.63, 3.8) is 0 Å². The smallest absolute Gasteiger partial charge is 0.275 e. The highest BCUT2D eigenvalue weighted by Gasteiger charge is 2.33. The summed E-state index contributed by atoms with van der Waals surface area (Å²) in [5, 5.41) is 10.7. The molecule has 1 N–H and O–H groups in total. The number of aromatic hydroxyl groups is 1. The second kappa shape index (κ2) is 10.6. The Morgan fingerprint density at radius 2 is 1.77 bits per heavy atom. The maximum absolute atomic E-state index is 13.8. The Balaban J connectivity index is 1.80. The van der Waals surface area contributed by atoms with Crippen LogP contribution in [-0.2, 0) is 11.3 Å². The number of ether oxygens (including phenoxy) is 3. The van der Waals surface area contributed by atoms with E-state index in [9.17, 15) is 14.7 Å². The highest BCUT2D eigenvalue weighted by molar-refractivity contribution is 5.96. The molecule has 1 aliphatic rings. The van der Waals surface area contributed by atoms with Crippen molar-refractivity contribution in [2.45, 2.75) is 25.9 Å². The topological polar surface area (TPSA) is 103 Å². The van der Waals surface area contributed by atoms with E-state index in [1.165, 1.54) is 18.8 Å². The molecule has 2 heterocycles. The third-order valence-corrected chi connectivity index (χ3v) is 6.15. The quantitative estimate of drug-likeness (QED) is 0.529.